The highest BCUT2D eigenvalue weighted by Crippen LogP contribution is 2.26. The molecule has 0 radical (unpaired) electrons. The van der Waals surface area contributed by atoms with E-state index in [-0.39, 0.29) is 6.03 Å². The van der Waals surface area contributed by atoms with Crippen molar-refractivity contribution in [1.82, 2.24) is 4.98 Å². The van der Waals surface area contributed by atoms with Crippen LogP contribution in [0.2, 0.25) is 0 Å². The first-order chi connectivity index (χ1) is 9.66. The van der Waals surface area contributed by atoms with E-state index >= 15 is 0 Å². The third-order valence-corrected chi connectivity index (χ3v) is 3.66. The number of carbonyl (C=O) groups excluding carboxylic acids is 1. The van der Waals surface area contributed by atoms with E-state index in [4.69, 9.17) is 0 Å². The molecule has 0 N–H and O–H groups in total. The minimum Gasteiger partial charge on any atom is -0.292 e. The van der Waals surface area contributed by atoms with Gasteiger partial charge in [-0.3, -0.25) is 14.8 Å². The molecule has 1 saturated heterocycles. The van der Waals surface area contributed by atoms with E-state index in [0.29, 0.717) is 13.1 Å². The smallest absolute Gasteiger partial charge is 0.292 e. The summed E-state index contributed by atoms with van der Waals surface area (Å²) in [5.41, 5.74) is 4.11. The van der Waals surface area contributed by atoms with Crippen molar-refractivity contribution in [3.05, 3.63) is 53.9 Å². The molecule has 0 aliphatic carbocycles. The zero-order valence-electron chi connectivity index (χ0n) is 11.7. The van der Waals surface area contributed by atoms with Crippen molar-refractivity contribution in [3.8, 4) is 0 Å². The predicted molar refractivity (Wildman–Crippen MR) is 80.2 cm³/mol. The van der Waals surface area contributed by atoms with E-state index in [1.54, 1.807) is 17.3 Å². The summed E-state index contributed by atoms with van der Waals surface area (Å²) in [7, 11) is 0. The van der Waals surface area contributed by atoms with Gasteiger partial charge in [-0.25, -0.2) is 4.79 Å². The Morgan fingerprint density at radius 1 is 1.00 bits per heavy atom. The fourth-order valence-corrected chi connectivity index (χ4v) is 2.46. The van der Waals surface area contributed by atoms with Crippen LogP contribution in [-0.2, 0) is 0 Å². The van der Waals surface area contributed by atoms with Crippen LogP contribution in [-0.4, -0.2) is 24.1 Å². The summed E-state index contributed by atoms with van der Waals surface area (Å²) >= 11 is 0. The lowest BCUT2D eigenvalue weighted by atomic mass is 10.2. The van der Waals surface area contributed by atoms with E-state index in [2.05, 4.69) is 4.98 Å². The Kier molecular flexibility index (Phi) is 3.14. The largest absolute Gasteiger partial charge is 0.329 e. The molecule has 0 atom stereocenters. The first kappa shape index (κ1) is 12.7. The van der Waals surface area contributed by atoms with Gasteiger partial charge in [0, 0.05) is 25.0 Å². The van der Waals surface area contributed by atoms with Gasteiger partial charge in [-0.05, 0) is 37.6 Å². The second-order valence-electron chi connectivity index (χ2n) is 5.08. The minimum absolute atomic E-state index is 0.0185. The van der Waals surface area contributed by atoms with Gasteiger partial charge in [0.2, 0.25) is 0 Å². The van der Waals surface area contributed by atoms with Crippen LogP contribution in [0.15, 0.2) is 42.7 Å². The van der Waals surface area contributed by atoms with Gasteiger partial charge in [0.05, 0.1) is 11.9 Å². The van der Waals surface area contributed by atoms with Crippen molar-refractivity contribution in [2.45, 2.75) is 13.8 Å². The molecule has 3 rings (SSSR count). The topological polar surface area (TPSA) is 36.4 Å². The Bertz CT molecular complexity index is 636. The van der Waals surface area contributed by atoms with Gasteiger partial charge in [-0.2, -0.15) is 0 Å². The van der Waals surface area contributed by atoms with Crippen molar-refractivity contribution in [3.63, 3.8) is 0 Å². The Labute approximate surface area is 118 Å². The standard InChI is InChI=1S/C16H17N3O/c1-12-3-5-14(6-4-12)18-9-10-19(16(18)20)15-11-17-8-7-13(15)2/h3-8,11H,9-10H2,1-2H3. The lowest BCUT2D eigenvalue weighted by Gasteiger charge is -2.20. The van der Waals surface area contributed by atoms with Crippen LogP contribution >= 0.6 is 0 Å². The normalized spacial score (nSPS) is 15.0. The third kappa shape index (κ3) is 2.13. The summed E-state index contributed by atoms with van der Waals surface area (Å²) in [6.07, 6.45) is 3.50. The lowest BCUT2D eigenvalue weighted by molar-refractivity contribution is 0.256. The molecule has 102 valence electrons. The van der Waals surface area contributed by atoms with Gasteiger partial charge >= 0.3 is 6.03 Å². The molecule has 2 aromatic rings. The fourth-order valence-electron chi connectivity index (χ4n) is 2.46. The molecule has 20 heavy (non-hydrogen) atoms. The molecule has 0 bridgehead atoms. The monoisotopic (exact) mass is 267 g/mol. The van der Waals surface area contributed by atoms with Crippen LogP contribution in [0.4, 0.5) is 16.2 Å². The van der Waals surface area contributed by atoms with Gasteiger partial charge in [-0.15, -0.1) is 0 Å². The highest BCUT2D eigenvalue weighted by atomic mass is 16.2. The molecule has 1 aliphatic heterocycles. The number of hydrogen-bond donors (Lipinski definition) is 0. The maximum atomic E-state index is 12.6. The van der Waals surface area contributed by atoms with Crippen molar-refractivity contribution in [1.29, 1.82) is 0 Å². The molecule has 4 heteroatoms. The number of amides is 2. The first-order valence-electron chi connectivity index (χ1n) is 6.73. The molecule has 0 spiro atoms. The Hall–Kier alpha value is -2.36. The minimum atomic E-state index is 0.0185. The summed E-state index contributed by atoms with van der Waals surface area (Å²) < 4.78 is 0. The summed E-state index contributed by atoms with van der Waals surface area (Å²) in [6, 6.07) is 9.99. The molecule has 4 nitrogen and oxygen atoms in total. The van der Waals surface area contributed by atoms with Crippen LogP contribution in [0.1, 0.15) is 11.1 Å². The molecule has 0 unspecified atom stereocenters. The van der Waals surface area contributed by atoms with E-state index in [1.807, 2.05) is 49.1 Å². The number of nitrogens with zero attached hydrogens (tertiary/aromatic N) is 3. The number of rotatable bonds is 2. The average molecular weight is 267 g/mol. The number of urea groups is 1. The number of hydrogen-bond acceptors (Lipinski definition) is 2. The van der Waals surface area contributed by atoms with Gasteiger partial charge < -0.3 is 0 Å². The quantitative estimate of drug-likeness (QED) is 0.838. The van der Waals surface area contributed by atoms with Gasteiger partial charge in [0.25, 0.3) is 0 Å². The zero-order chi connectivity index (χ0) is 14.1. The molecule has 0 saturated carbocycles. The van der Waals surface area contributed by atoms with Crippen molar-refractivity contribution in [2.24, 2.45) is 0 Å². The van der Waals surface area contributed by atoms with E-state index in [0.717, 1.165) is 16.9 Å². The van der Waals surface area contributed by atoms with Crippen molar-refractivity contribution >= 4 is 17.4 Å². The fraction of sp³-hybridized carbons (Fsp3) is 0.250. The second-order valence-corrected chi connectivity index (χ2v) is 5.08. The third-order valence-electron chi connectivity index (χ3n) is 3.66. The SMILES string of the molecule is Cc1ccc(N2CCN(c3cnccc3C)C2=O)cc1. The van der Waals surface area contributed by atoms with Crippen molar-refractivity contribution < 1.29 is 4.79 Å². The van der Waals surface area contributed by atoms with E-state index in [9.17, 15) is 4.79 Å². The molecule has 1 aromatic heterocycles. The molecule has 2 amide bonds. The van der Waals surface area contributed by atoms with Crippen LogP contribution in [0.5, 0.6) is 0 Å². The number of aromatic nitrogens is 1. The average Bonchev–Trinajstić information content (AvgIpc) is 2.82. The number of anilines is 2. The molecular formula is C16H17N3O. The van der Waals surface area contributed by atoms with Gasteiger partial charge in [0.15, 0.2) is 0 Å². The molecule has 1 aromatic carbocycles. The lowest BCUT2D eigenvalue weighted by Crippen LogP contribution is -2.32. The van der Waals surface area contributed by atoms with Crippen LogP contribution < -0.4 is 9.80 Å². The molecule has 2 heterocycles. The Balaban J connectivity index is 1.88. The summed E-state index contributed by atoms with van der Waals surface area (Å²) in [6.45, 7) is 5.44. The maximum absolute atomic E-state index is 12.6. The highest BCUT2D eigenvalue weighted by molar-refractivity contribution is 6.06. The molecule has 1 fully saturated rings. The predicted octanol–water partition coefficient (Wildman–Crippen LogP) is 3.15. The van der Waals surface area contributed by atoms with Gasteiger partial charge in [-0.1, -0.05) is 17.7 Å². The first-order valence-corrected chi connectivity index (χ1v) is 6.73. The number of aryl methyl sites for hydroxylation is 2. The maximum Gasteiger partial charge on any atom is 0.329 e. The number of pyridine rings is 1. The van der Waals surface area contributed by atoms with Crippen LogP contribution in [0.3, 0.4) is 0 Å². The summed E-state index contributed by atoms with van der Waals surface area (Å²) in [4.78, 5) is 20.3. The number of benzene rings is 1. The van der Waals surface area contributed by atoms with E-state index in [1.165, 1.54) is 5.56 Å². The Morgan fingerprint density at radius 2 is 1.70 bits per heavy atom. The van der Waals surface area contributed by atoms with Crippen LogP contribution in [0, 0.1) is 13.8 Å². The Morgan fingerprint density at radius 3 is 2.40 bits per heavy atom. The van der Waals surface area contributed by atoms with Crippen molar-refractivity contribution in [2.75, 3.05) is 22.9 Å². The zero-order valence-corrected chi connectivity index (χ0v) is 11.7. The number of carbonyl (C=O) groups is 1. The van der Waals surface area contributed by atoms with Crippen LogP contribution in [0.25, 0.3) is 0 Å². The summed E-state index contributed by atoms with van der Waals surface area (Å²) in [5.74, 6) is 0. The second kappa shape index (κ2) is 4.96. The highest BCUT2D eigenvalue weighted by Gasteiger charge is 2.31. The molecule has 1 aliphatic rings. The summed E-state index contributed by atoms with van der Waals surface area (Å²) in [5, 5.41) is 0. The molecular weight excluding hydrogens is 250 g/mol. The van der Waals surface area contributed by atoms with E-state index < -0.39 is 0 Å². The van der Waals surface area contributed by atoms with Gasteiger partial charge in [0.1, 0.15) is 0 Å².